The normalized spacial score (nSPS) is 15.3. The lowest BCUT2D eigenvalue weighted by Crippen LogP contribution is -2.45. The van der Waals surface area contributed by atoms with Crippen LogP contribution in [0.1, 0.15) is 111 Å². The highest BCUT2D eigenvalue weighted by Gasteiger charge is 2.29. The van der Waals surface area contributed by atoms with Crippen LogP contribution in [0.5, 0.6) is 11.5 Å². The molecule has 2 saturated carbocycles. The molecular weight excluding hydrogens is 776 g/mol. The lowest BCUT2D eigenvalue weighted by molar-refractivity contribution is -0.131. The molecule has 2 aromatic carbocycles. The summed E-state index contributed by atoms with van der Waals surface area (Å²) in [4.78, 5) is 61.8. The fourth-order valence-corrected chi connectivity index (χ4v) is 6.79. The molecule has 16 heteroatoms. The molecule has 0 unspecified atom stereocenters. The average Bonchev–Trinajstić information content (AvgIpc) is 3.90. The number of nitrogens with one attached hydrogen (secondary N) is 3. The summed E-state index contributed by atoms with van der Waals surface area (Å²) >= 11 is 0. The monoisotopic (exact) mass is 836 g/mol. The van der Waals surface area contributed by atoms with Gasteiger partial charge in [-0.15, -0.1) is 0 Å². The maximum absolute atomic E-state index is 13.3. The van der Waals surface area contributed by atoms with Crippen LogP contribution in [0.4, 0.5) is 22.4 Å². The number of unbranched alkanes of at least 4 members (excludes halogenated alkanes) is 2. The number of amides is 3. The third-order valence-electron chi connectivity index (χ3n) is 9.83. The Morgan fingerprint density at radius 1 is 0.644 bits per heavy atom. The first-order valence-electron chi connectivity index (χ1n) is 20.5. The van der Waals surface area contributed by atoms with Gasteiger partial charge in [0.2, 0.25) is 11.8 Å². The van der Waals surface area contributed by atoms with Crippen molar-refractivity contribution < 1.29 is 55.7 Å². The van der Waals surface area contributed by atoms with Crippen molar-refractivity contribution in [3.63, 3.8) is 0 Å². The predicted octanol–water partition coefficient (Wildman–Crippen LogP) is 7.00. The van der Waals surface area contributed by atoms with Gasteiger partial charge in [0.15, 0.2) is 11.6 Å². The van der Waals surface area contributed by atoms with Gasteiger partial charge in [-0.05, 0) is 91.5 Å². The Morgan fingerprint density at radius 3 is 1.41 bits per heavy atom. The molecule has 2 aliphatic carbocycles. The zero-order chi connectivity index (χ0) is 43.4. The molecule has 2 atom stereocenters. The summed E-state index contributed by atoms with van der Waals surface area (Å²) in [6.07, 6.45) is 10.2. The fourth-order valence-electron chi connectivity index (χ4n) is 6.79. The smallest absolute Gasteiger partial charge is 0.407 e. The third-order valence-corrected chi connectivity index (χ3v) is 9.83. The molecule has 2 aliphatic rings. The zero-order valence-electron chi connectivity index (χ0n) is 34.4. The number of halogens is 4. The molecular formula is C43H60F4N4O8. The van der Waals surface area contributed by atoms with E-state index in [9.17, 15) is 41.5 Å². The molecule has 0 aromatic heterocycles. The van der Waals surface area contributed by atoms with Crippen LogP contribution < -0.4 is 31.2 Å². The molecule has 0 spiro atoms. The number of nitrogens with two attached hydrogens (primary N) is 1. The van der Waals surface area contributed by atoms with E-state index in [-0.39, 0.29) is 53.3 Å². The van der Waals surface area contributed by atoms with Gasteiger partial charge in [-0.1, -0.05) is 25.7 Å². The standard InChI is InChI=1S/C24H34F2N2O5.C19H26F2N2O3/c1-24(2,3)33-23(31)27-11-7-6-10-20(28-22(30)16-8-4-5-9-16)21(29)15-32-19-13-17(25)12-18(26)14-19;20-14-9-15(21)11-16(10-14)26-12-18(24)17(7-3-4-8-22)23-19(25)13-5-1-2-6-13/h12-14,16,20H,4-11,15H2,1-3H3,(H,27,31)(H,28,30);9-11,13,17H,1-8,12,22H2,(H,23,25)/t20-;17-/m00/s1. The molecule has 0 saturated heterocycles. The summed E-state index contributed by atoms with van der Waals surface area (Å²) in [5, 5.41) is 8.29. The van der Waals surface area contributed by atoms with E-state index in [0.717, 1.165) is 88.1 Å². The van der Waals surface area contributed by atoms with Crippen molar-refractivity contribution in [2.24, 2.45) is 17.6 Å². The van der Waals surface area contributed by atoms with E-state index in [4.69, 9.17) is 19.9 Å². The molecule has 3 amide bonds. The van der Waals surface area contributed by atoms with E-state index in [0.29, 0.717) is 51.3 Å². The first-order chi connectivity index (χ1) is 28.0. The number of carbonyl (C=O) groups excluding carboxylic acids is 5. The number of carbonyl (C=O) groups is 5. The van der Waals surface area contributed by atoms with E-state index in [1.807, 2.05) is 0 Å². The highest BCUT2D eigenvalue weighted by atomic mass is 19.1. The molecule has 2 aromatic rings. The van der Waals surface area contributed by atoms with Crippen molar-refractivity contribution in [2.75, 3.05) is 26.3 Å². The van der Waals surface area contributed by atoms with Gasteiger partial charge in [-0.3, -0.25) is 19.2 Å². The SMILES string of the molecule is CC(C)(C)OC(=O)NCCCC[C@H](NC(=O)C1CCCC1)C(=O)COc1cc(F)cc(F)c1.NCCCC[C@H](NC(=O)C1CCCC1)C(=O)COc1cc(F)cc(F)c1. The van der Waals surface area contributed by atoms with E-state index >= 15 is 0 Å². The number of ether oxygens (including phenoxy) is 3. The van der Waals surface area contributed by atoms with Gasteiger partial charge in [0.25, 0.3) is 0 Å². The van der Waals surface area contributed by atoms with Crippen LogP contribution in [-0.4, -0.2) is 73.5 Å². The lowest BCUT2D eigenvalue weighted by Gasteiger charge is -2.21. The first kappa shape index (κ1) is 48.6. The molecule has 59 heavy (non-hydrogen) atoms. The lowest BCUT2D eigenvalue weighted by atomic mass is 10.0. The molecule has 0 aliphatic heterocycles. The Balaban J connectivity index is 0.000000324. The molecule has 0 radical (unpaired) electrons. The van der Waals surface area contributed by atoms with Crippen molar-refractivity contribution in [3.05, 3.63) is 59.7 Å². The first-order valence-corrected chi connectivity index (χ1v) is 20.5. The molecule has 0 bridgehead atoms. The molecule has 5 N–H and O–H groups in total. The second-order valence-electron chi connectivity index (χ2n) is 16.0. The van der Waals surface area contributed by atoms with Crippen LogP contribution in [0.25, 0.3) is 0 Å². The van der Waals surface area contributed by atoms with Gasteiger partial charge in [0, 0.05) is 54.8 Å². The molecule has 2 fully saturated rings. The van der Waals surface area contributed by atoms with Crippen LogP contribution in [0.2, 0.25) is 0 Å². The van der Waals surface area contributed by atoms with Crippen LogP contribution in [0.3, 0.4) is 0 Å². The maximum Gasteiger partial charge on any atom is 0.407 e. The van der Waals surface area contributed by atoms with Crippen molar-refractivity contribution in [2.45, 2.75) is 128 Å². The Kier molecular flexibility index (Phi) is 20.6. The summed E-state index contributed by atoms with van der Waals surface area (Å²) in [5.41, 5.74) is 4.90. The van der Waals surface area contributed by atoms with Crippen molar-refractivity contribution in [3.8, 4) is 11.5 Å². The minimum absolute atomic E-state index is 0.0435. The number of hydrogen-bond donors (Lipinski definition) is 4. The van der Waals surface area contributed by atoms with Crippen LogP contribution >= 0.6 is 0 Å². The van der Waals surface area contributed by atoms with Gasteiger partial charge in [0.1, 0.15) is 53.6 Å². The summed E-state index contributed by atoms with van der Waals surface area (Å²) in [5.74, 6) is -4.43. The summed E-state index contributed by atoms with van der Waals surface area (Å²) < 4.78 is 68.7. The van der Waals surface area contributed by atoms with Crippen molar-refractivity contribution in [1.82, 2.24) is 16.0 Å². The summed E-state index contributed by atoms with van der Waals surface area (Å²) in [6, 6.07) is 3.99. The van der Waals surface area contributed by atoms with Gasteiger partial charge in [-0.2, -0.15) is 0 Å². The average molecular weight is 837 g/mol. The van der Waals surface area contributed by atoms with E-state index in [1.54, 1.807) is 20.8 Å². The van der Waals surface area contributed by atoms with E-state index in [2.05, 4.69) is 16.0 Å². The topological polar surface area (TPSA) is 175 Å². The number of ketones is 2. The minimum Gasteiger partial charge on any atom is -0.486 e. The Hall–Kier alpha value is -4.73. The van der Waals surface area contributed by atoms with Crippen molar-refractivity contribution >= 4 is 29.5 Å². The molecule has 0 heterocycles. The molecule has 12 nitrogen and oxygen atoms in total. The Morgan fingerprint density at radius 2 is 1.03 bits per heavy atom. The third kappa shape index (κ3) is 19.3. The summed E-state index contributed by atoms with van der Waals surface area (Å²) in [7, 11) is 0. The highest BCUT2D eigenvalue weighted by Crippen LogP contribution is 2.26. The number of alkyl carbamates (subject to hydrolysis) is 1. The predicted molar refractivity (Wildman–Crippen MR) is 212 cm³/mol. The number of hydrogen-bond acceptors (Lipinski definition) is 9. The molecule has 328 valence electrons. The maximum atomic E-state index is 13.3. The van der Waals surface area contributed by atoms with Gasteiger partial charge in [-0.25, -0.2) is 22.4 Å². The largest absolute Gasteiger partial charge is 0.486 e. The van der Waals surface area contributed by atoms with Crippen LogP contribution in [0, 0.1) is 35.1 Å². The van der Waals surface area contributed by atoms with Gasteiger partial charge < -0.3 is 35.9 Å². The van der Waals surface area contributed by atoms with Crippen LogP contribution in [-0.2, 0) is 23.9 Å². The van der Waals surface area contributed by atoms with Gasteiger partial charge in [0.05, 0.1) is 12.1 Å². The number of rotatable bonds is 21. The van der Waals surface area contributed by atoms with E-state index < -0.39 is 53.7 Å². The Bertz CT molecular complexity index is 1640. The zero-order valence-corrected chi connectivity index (χ0v) is 34.4. The molecule has 4 rings (SSSR count). The summed E-state index contributed by atoms with van der Waals surface area (Å²) in [6.45, 7) is 5.42. The van der Waals surface area contributed by atoms with Crippen molar-refractivity contribution in [1.29, 1.82) is 0 Å². The van der Waals surface area contributed by atoms with Crippen LogP contribution in [0.15, 0.2) is 36.4 Å². The second kappa shape index (κ2) is 25.0. The quantitative estimate of drug-likeness (QED) is 0.0763. The highest BCUT2D eigenvalue weighted by molar-refractivity contribution is 5.91. The van der Waals surface area contributed by atoms with Gasteiger partial charge >= 0.3 is 6.09 Å². The fraction of sp³-hybridized carbons (Fsp3) is 0.605. The number of Topliss-reactive ketones (excluding diaryl/α,β-unsaturated/α-hetero) is 2. The van der Waals surface area contributed by atoms with E-state index in [1.165, 1.54) is 0 Å². The Labute approximate surface area is 344 Å². The second-order valence-corrected chi connectivity index (χ2v) is 16.0. The number of benzene rings is 2. The minimum atomic E-state index is -0.805.